The van der Waals surface area contributed by atoms with Gasteiger partial charge in [0.15, 0.2) is 6.61 Å². The minimum Gasteiger partial charge on any atom is -0.482 e. The van der Waals surface area contributed by atoms with Crippen LogP contribution in [0.5, 0.6) is 5.75 Å². The Balaban J connectivity index is 0.00000242. The third kappa shape index (κ3) is 5.83. The van der Waals surface area contributed by atoms with Crippen molar-refractivity contribution in [2.24, 2.45) is 0 Å². The van der Waals surface area contributed by atoms with Gasteiger partial charge in [-0.2, -0.15) is 0 Å². The normalized spacial score (nSPS) is 18.4. The zero-order chi connectivity index (χ0) is 15.1. The Hall–Kier alpha value is -1.30. The molecule has 0 radical (unpaired) electrons. The Bertz CT molecular complexity index is 453. The molecule has 124 valence electrons. The first-order valence-corrected chi connectivity index (χ1v) is 7.39. The summed E-state index contributed by atoms with van der Waals surface area (Å²) >= 11 is 0. The van der Waals surface area contributed by atoms with E-state index in [0.29, 0.717) is 11.8 Å². The molecule has 1 saturated heterocycles. The van der Waals surface area contributed by atoms with Crippen molar-refractivity contribution < 1.29 is 14.3 Å². The third-order valence-corrected chi connectivity index (χ3v) is 3.83. The number of methoxy groups -OCH3 is 1. The van der Waals surface area contributed by atoms with E-state index in [9.17, 15) is 4.79 Å². The number of carbonyl (C=O) groups excluding carboxylic acids is 1. The lowest BCUT2D eigenvalue weighted by Gasteiger charge is -2.32. The number of hydrogen-bond donors (Lipinski definition) is 1. The average Bonchev–Trinajstić information content (AvgIpc) is 2.54. The van der Waals surface area contributed by atoms with Gasteiger partial charge in [-0.15, -0.1) is 12.4 Å². The minimum atomic E-state index is -0.370. The van der Waals surface area contributed by atoms with E-state index in [1.165, 1.54) is 25.5 Å². The summed E-state index contributed by atoms with van der Waals surface area (Å²) in [6, 6.07) is 8.50. The number of benzene rings is 1. The molecule has 1 heterocycles. The summed E-state index contributed by atoms with van der Waals surface area (Å²) in [5.41, 5.74) is 1.26. The van der Waals surface area contributed by atoms with Crippen LogP contribution in [-0.4, -0.2) is 50.8 Å². The van der Waals surface area contributed by atoms with Crippen LogP contribution in [0, 0.1) is 0 Å². The van der Waals surface area contributed by atoms with Crippen LogP contribution in [0.4, 0.5) is 0 Å². The standard InChI is InChI=1S/C16H24N2O3.ClH/c1-17-14-4-3-9-18(11-14)10-13-5-7-15(8-6-13)21-12-16(19)20-2;/h5-8,14,17H,3-4,9-12H2,1-2H3;1H. The number of likely N-dealkylation sites (N-methyl/N-ethyl adjacent to an activating group) is 1. The van der Waals surface area contributed by atoms with Gasteiger partial charge in [0.05, 0.1) is 7.11 Å². The fraction of sp³-hybridized carbons (Fsp3) is 0.562. The molecule has 1 aromatic rings. The molecule has 22 heavy (non-hydrogen) atoms. The van der Waals surface area contributed by atoms with Gasteiger partial charge in [0.2, 0.25) is 0 Å². The first-order valence-electron chi connectivity index (χ1n) is 7.39. The Kier molecular flexibility index (Phi) is 8.24. The number of ether oxygens (including phenoxy) is 2. The molecule has 0 aromatic heterocycles. The van der Waals surface area contributed by atoms with Crippen molar-refractivity contribution in [3.63, 3.8) is 0 Å². The van der Waals surface area contributed by atoms with Crippen LogP contribution in [0.3, 0.4) is 0 Å². The molecule has 1 atom stereocenters. The summed E-state index contributed by atoms with van der Waals surface area (Å²) < 4.78 is 9.88. The summed E-state index contributed by atoms with van der Waals surface area (Å²) in [4.78, 5) is 13.5. The number of nitrogens with one attached hydrogen (secondary N) is 1. The molecule has 1 aromatic carbocycles. The quantitative estimate of drug-likeness (QED) is 0.808. The van der Waals surface area contributed by atoms with Gasteiger partial charge < -0.3 is 14.8 Å². The van der Waals surface area contributed by atoms with Crippen LogP contribution in [0.15, 0.2) is 24.3 Å². The molecule has 0 aliphatic carbocycles. The largest absolute Gasteiger partial charge is 0.482 e. The fourth-order valence-electron chi connectivity index (χ4n) is 2.59. The molecule has 1 aliphatic heterocycles. The minimum absolute atomic E-state index is 0. The summed E-state index contributed by atoms with van der Waals surface area (Å²) in [5, 5.41) is 3.36. The highest BCUT2D eigenvalue weighted by molar-refractivity contribution is 5.85. The highest BCUT2D eigenvalue weighted by atomic mass is 35.5. The Labute approximate surface area is 138 Å². The van der Waals surface area contributed by atoms with Gasteiger partial charge >= 0.3 is 5.97 Å². The van der Waals surface area contributed by atoms with Crippen LogP contribution < -0.4 is 10.1 Å². The molecule has 1 aliphatic rings. The number of rotatable bonds is 6. The smallest absolute Gasteiger partial charge is 0.343 e. The molecule has 5 nitrogen and oxygen atoms in total. The van der Waals surface area contributed by atoms with Crippen LogP contribution in [0.25, 0.3) is 0 Å². The van der Waals surface area contributed by atoms with E-state index < -0.39 is 0 Å². The predicted octanol–water partition coefficient (Wildman–Crippen LogP) is 1.84. The maximum Gasteiger partial charge on any atom is 0.343 e. The van der Waals surface area contributed by atoms with E-state index in [1.54, 1.807) is 0 Å². The van der Waals surface area contributed by atoms with E-state index in [1.807, 2.05) is 19.2 Å². The Morgan fingerprint density at radius 2 is 2.09 bits per heavy atom. The number of esters is 1. The summed E-state index contributed by atoms with van der Waals surface area (Å²) in [7, 11) is 3.38. The topological polar surface area (TPSA) is 50.8 Å². The summed E-state index contributed by atoms with van der Waals surface area (Å²) in [6.07, 6.45) is 2.50. The van der Waals surface area contributed by atoms with Gasteiger partial charge in [0, 0.05) is 19.1 Å². The van der Waals surface area contributed by atoms with Crippen molar-refractivity contribution in [1.82, 2.24) is 10.2 Å². The predicted molar refractivity (Wildman–Crippen MR) is 88.6 cm³/mol. The number of piperidine rings is 1. The van der Waals surface area contributed by atoms with Crippen molar-refractivity contribution >= 4 is 18.4 Å². The zero-order valence-corrected chi connectivity index (χ0v) is 14.0. The van der Waals surface area contributed by atoms with Crippen molar-refractivity contribution in [2.75, 3.05) is 33.9 Å². The van der Waals surface area contributed by atoms with Crippen LogP contribution in [0.2, 0.25) is 0 Å². The number of likely N-dealkylation sites (tertiary alicyclic amines) is 1. The van der Waals surface area contributed by atoms with E-state index in [2.05, 4.69) is 27.1 Å². The molecule has 6 heteroatoms. The second-order valence-corrected chi connectivity index (χ2v) is 5.37. The maximum absolute atomic E-state index is 11.0. The second-order valence-electron chi connectivity index (χ2n) is 5.37. The SMILES string of the molecule is CNC1CCCN(Cc2ccc(OCC(=O)OC)cc2)C1.Cl. The molecule has 1 fully saturated rings. The first kappa shape index (κ1) is 18.7. The molecular formula is C16H25ClN2O3. The Morgan fingerprint density at radius 3 is 2.73 bits per heavy atom. The zero-order valence-electron chi connectivity index (χ0n) is 13.2. The van der Waals surface area contributed by atoms with Gasteiger partial charge in [-0.05, 0) is 44.1 Å². The monoisotopic (exact) mass is 328 g/mol. The fourth-order valence-corrected chi connectivity index (χ4v) is 2.59. The van der Waals surface area contributed by atoms with Gasteiger partial charge in [0.1, 0.15) is 5.75 Å². The van der Waals surface area contributed by atoms with Crippen molar-refractivity contribution in [1.29, 1.82) is 0 Å². The van der Waals surface area contributed by atoms with Gasteiger partial charge in [0.25, 0.3) is 0 Å². The van der Waals surface area contributed by atoms with E-state index in [0.717, 1.165) is 19.6 Å². The van der Waals surface area contributed by atoms with E-state index >= 15 is 0 Å². The van der Waals surface area contributed by atoms with Crippen LogP contribution in [-0.2, 0) is 16.1 Å². The van der Waals surface area contributed by atoms with Crippen molar-refractivity contribution in [3.8, 4) is 5.75 Å². The maximum atomic E-state index is 11.0. The summed E-state index contributed by atoms with van der Waals surface area (Å²) in [6.45, 7) is 3.15. The first-order chi connectivity index (χ1) is 10.2. The lowest BCUT2D eigenvalue weighted by atomic mass is 10.1. The van der Waals surface area contributed by atoms with E-state index in [4.69, 9.17) is 4.74 Å². The van der Waals surface area contributed by atoms with Gasteiger partial charge in [-0.25, -0.2) is 4.79 Å². The third-order valence-electron chi connectivity index (χ3n) is 3.83. The lowest BCUT2D eigenvalue weighted by Crippen LogP contribution is -2.43. The summed E-state index contributed by atoms with van der Waals surface area (Å²) in [5.74, 6) is 0.321. The molecule has 1 N–H and O–H groups in total. The Morgan fingerprint density at radius 1 is 1.36 bits per heavy atom. The molecule has 0 saturated carbocycles. The molecule has 0 amide bonds. The van der Waals surface area contributed by atoms with Crippen molar-refractivity contribution in [3.05, 3.63) is 29.8 Å². The highest BCUT2D eigenvalue weighted by Gasteiger charge is 2.18. The average molecular weight is 329 g/mol. The van der Waals surface area contributed by atoms with Crippen molar-refractivity contribution in [2.45, 2.75) is 25.4 Å². The molecule has 0 spiro atoms. The van der Waals surface area contributed by atoms with Crippen LogP contribution in [0.1, 0.15) is 18.4 Å². The lowest BCUT2D eigenvalue weighted by molar-refractivity contribution is -0.142. The van der Waals surface area contributed by atoms with E-state index in [-0.39, 0.29) is 25.0 Å². The molecule has 2 rings (SSSR count). The second kappa shape index (κ2) is 9.66. The number of carbonyl (C=O) groups is 1. The van der Waals surface area contributed by atoms with Gasteiger partial charge in [-0.3, -0.25) is 4.90 Å². The van der Waals surface area contributed by atoms with Gasteiger partial charge in [-0.1, -0.05) is 12.1 Å². The number of hydrogen-bond acceptors (Lipinski definition) is 5. The molecule has 0 bridgehead atoms. The van der Waals surface area contributed by atoms with Crippen LogP contribution >= 0.6 is 12.4 Å². The number of nitrogens with zero attached hydrogens (tertiary/aromatic N) is 1. The molecular weight excluding hydrogens is 304 g/mol. The molecule has 1 unspecified atom stereocenters. The highest BCUT2D eigenvalue weighted by Crippen LogP contribution is 2.16. The number of halogens is 1.